The van der Waals surface area contributed by atoms with Crippen molar-refractivity contribution in [1.29, 1.82) is 0 Å². The van der Waals surface area contributed by atoms with E-state index in [-0.39, 0.29) is 16.6 Å². The summed E-state index contributed by atoms with van der Waals surface area (Å²) in [4.78, 5) is 14.0. The van der Waals surface area contributed by atoms with Crippen LogP contribution >= 0.6 is 23.2 Å². The molecule has 0 radical (unpaired) electrons. The van der Waals surface area contributed by atoms with Gasteiger partial charge in [-0.15, -0.1) is 0 Å². The van der Waals surface area contributed by atoms with Gasteiger partial charge in [-0.2, -0.15) is 0 Å². The lowest BCUT2D eigenvalue weighted by Gasteiger charge is -2.26. The lowest BCUT2D eigenvalue weighted by atomic mass is 10.1. The van der Waals surface area contributed by atoms with Crippen LogP contribution in [0.25, 0.3) is 0 Å². The molecule has 1 aliphatic rings. The van der Waals surface area contributed by atoms with Crippen LogP contribution in [0.15, 0.2) is 47.4 Å². The molecule has 3 rings (SSSR count). The number of hydrogen-bond donors (Lipinski definition) is 2. The van der Waals surface area contributed by atoms with E-state index in [2.05, 4.69) is 10.0 Å². The highest BCUT2D eigenvalue weighted by Crippen LogP contribution is 2.25. The minimum Gasteiger partial charge on any atom is -0.325 e. The standard InChI is InChI=1S/C18H19Cl2N3O3S/c19-13-10-14(20)12-16(11-13)22-27(25,26)17-6-4-15(5-7-17)21-18(24)23-8-2-1-3-9-23/h4-7,10-12,22H,1-3,8-9H2,(H,21,24). The average Bonchev–Trinajstić information content (AvgIpc) is 2.61. The van der Waals surface area contributed by atoms with Gasteiger partial charge in [-0.1, -0.05) is 23.2 Å². The SMILES string of the molecule is O=C(Nc1ccc(S(=O)(=O)Nc2cc(Cl)cc(Cl)c2)cc1)N1CCCCC1. The second kappa shape index (κ2) is 8.37. The maximum Gasteiger partial charge on any atom is 0.321 e. The summed E-state index contributed by atoms with van der Waals surface area (Å²) in [6.45, 7) is 1.48. The van der Waals surface area contributed by atoms with E-state index in [1.807, 2.05) is 0 Å². The molecule has 1 aliphatic heterocycles. The van der Waals surface area contributed by atoms with Crippen LogP contribution in [0.5, 0.6) is 0 Å². The van der Waals surface area contributed by atoms with E-state index in [1.165, 1.54) is 30.3 Å². The van der Waals surface area contributed by atoms with E-state index in [1.54, 1.807) is 17.0 Å². The summed E-state index contributed by atoms with van der Waals surface area (Å²) in [7, 11) is -3.80. The summed E-state index contributed by atoms with van der Waals surface area (Å²) in [6.07, 6.45) is 3.15. The maximum absolute atomic E-state index is 12.5. The normalized spacial score (nSPS) is 14.7. The third kappa shape index (κ3) is 5.28. The summed E-state index contributed by atoms with van der Waals surface area (Å²) in [6, 6.07) is 10.3. The van der Waals surface area contributed by atoms with Crippen LogP contribution in [0.1, 0.15) is 19.3 Å². The molecular formula is C18H19Cl2N3O3S. The molecule has 2 N–H and O–H groups in total. The van der Waals surface area contributed by atoms with Crippen LogP contribution in [0.3, 0.4) is 0 Å². The fraction of sp³-hybridized carbons (Fsp3) is 0.278. The first-order chi connectivity index (χ1) is 12.8. The Morgan fingerprint density at radius 2 is 1.48 bits per heavy atom. The van der Waals surface area contributed by atoms with Gasteiger partial charge in [0.1, 0.15) is 0 Å². The van der Waals surface area contributed by atoms with Gasteiger partial charge < -0.3 is 10.2 Å². The zero-order chi connectivity index (χ0) is 19.4. The zero-order valence-electron chi connectivity index (χ0n) is 14.4. The Morgan fingerprint density at radius 1 is 0.889 bits per heavy atom. The number of nitrogens with zero attached hydrogens (tertiary/aromatic N) is 1. The fourth-order valence-corrected chi connectivity index (χ4v) is 4.41. The Labute approximate surface area is 168 Å². The Balaban J connectivity index is 1.69. The van der Waals surface area contributed by atoms with Crippen molar-refractivity contribution in [3.05, 3.63) is 52.5 Å². The quantitative estimate of drug-likeness (QED) is 0.734. The second-order valence-electron chi connectivity index (χ2n) is 6.27. The first kappa shape index (κ1) is 19.8. The number of urea groups is 1. The Hall–Kier alpha value is -1.96. The average molecular weight is 428 g/mol. The van der Waals surface area contributed by atoms with Crippen molar-refractivity contribution in [2.24, 2.45) is 0 Å². The van der Waals surface area contributed by atoms with E-state index < -0.39 is 10.0 Å². The van der Waals surface area contributed by atoms with Crippen molar-refractivity contribution >= 4 is 50.6 Å². The molecule has 0 aromatic heterocycles. The van der Waals surface area contributed by atoms with Gasteiger partial charge in [0.25, 0.3) is 10.0 Å². The van der Waals surface area contributed by atoms with Gasteiger partial charge in [0.15, 0.2) is 0 Å². The van der Waals surface area contributed by atoms with E-state index in [4.69, 9.17) is 23.2 Å². The largest absolute Gasteiger partial charge is 0.325 e. The lowest BCUT2D eigenvalue weighted by molar-refractivity contribution is 0.200. The van der Waals surface area contributed by atoms with Gasteiger partial charge in [-0.3, -0.25) is 4.72 Å². The van der Waals surface area contributed by atoms with Crippen LogP contribution in [0.4, 0.5) is 16.2 Å². The first-order valence-corrected chi connectivity index (χ1v) is 10.7. The third-order valence-corrected chi connectivity index (χ3v) is 6.01. The summed E-state index contributed by atoms with van der Waals surface area (Å²) in [5.74, 6) is 0. The predicted octanol–water partition coefficient (Wildman–Crippen LogP) is 4.81. The topological polar surface area (TPSA) is 78.5 Å². The van der Waals surface area contributed by atoms with E-state index in [0.717, 1.165) is 32.4 Å². The van der Waals surface area contributed by atoms with Crippen molar-refractivity contribution in [3.63, 3.8) is 0 Å². The maximum atomic E-state index is 12.5. The fourth-order valence-electron chi connectivity index (χ4n) is 2.84. The number of carbonyl (C=O) groups is 1. The molecule has 2 aromatic carbocycles. The number of anilines is 2. The monoisotopic (exact) mass is 427 g/mol. The number of hydrogen-bond acceptors (Lipinski definition) is 3. The molecule has 1 heterocycles. The minimum absolute atomic E-state index is 0.0644. The number of amides is 2. The van der Waals surface area contributed by atoms with Crippen LogP contribution in [0, 0.1) is 0 Å². The molecule has 6 nitrogen and oxygen atoms in total. The molecule has 1 fully saturated rings. The number of piperidine rings is 1. The predicted molar refractivity (Wildman–Crippen MR) is 108 cm³/mol. The summed E-state index contributed by atoms with van der Waals surface area (Å²) in [5, 5.41) is 3.45. The molecule has 1 saturated heterocycles. The van der Waals surface area contributed by atoms with E-state index >= 15 is 0 Å². The van der Waals surface area contributed by atoms with Crippen molar-refractivity contribution in [2.45, 2.75) is 24.2 Å². The van der Waals surface area contributed by atoms with Crippen LogP contribution in [-0.2, 0) is 10.0 Å². The molecule has 0 saturated carbocycles. The number of sulfonamides is 1. The number of likely N-dealkylation sites (tertiary alicyclic amines) is 1. The number of rotatable bonds is 4. The third-order valence-electron chi connectivity index (χ3n) is 4.17. The molecule has 0 aliphatic carbocycles. The lowest BCUT2D eigenvalue weighted by Crippen LogP contribution is -2.38. The Kier molecular flexibility index (Phi) is 6.14. The van der Waals surface area contributed by atoms with Crippen molar-refractivity contribution in [2.75, 3.05) is 23.1 Å². The molecule has 0 bridgehead atoms. The van der Waals surface area contributed by atoms with Gasteiger partial charge in [-0.25, -0.2) is 13.2 Å². The smallest absolute Gasteiger partial charge is 0.321 e. The summed E-state index contributed by atoms with van der Waals surface area (Å²) < 4.78 is 27.5. The first-order valence-electron chi connectivity index (χ1n) is 8.48. The molecule has 2 amide bonds. The van der Waals surface area contributed by atoms with Gasteiger partial charge >= 0.3 is 6.03 Å². The number of halogens is 2. The second-order valence-corrected chi connectivity index (χ2v) is 8.82. The number of nitrogens with one attached hydrogen (secondary N) is 2. The molecule has 0 atom stereocenters. The Morgan fingerprint density at radius 3 is 2.07 bits per heavy atom. The number of benzene rings is 2. The number of carbonyl (C=O) groups excluding carboxylic acids is 1. The van der Waals surface area contributed by atoms with Crippen molar-refractivity contribution in [1.82, 2.24) is 4.90 Å². The summed E-state index contributed by atoms with van der Waals surface area (Å²) in [5.41, 5.74) is 0.810. The van der Waals surface area contributed by atoms with Crippen molar-refractivity contribution in [3.8, 4) is 0 Å². The van der Waals surface area contributed by atoms with Gasteiger partial charge in [-0.05, 0) is 61.7 Å². The minimum atomic E-state index is -3.80. The van der Waals surface area contributed by atoms with Gasteiger partial charge in [0, 0.05) is 28.8 Å². The van der Waals surface area contributed by atoms with E-state index in [9.17, 15) is 13.2 Å². The van der Waals surface area contributed by atoms with Crippen LogP contribution < -0.4 is 10.0 Å². The highest BCUT2D eigenvalue weighted by atomic mass is 35.5. The molecule has 0 unspecified atom stereocenters. The Bertz CT molecular complexity index is 907. The van der Waals surface area contributed by atoms with Crippen LogP contribution in [-0.4, -0.2) is 32.4 Å². The zero-order valence-corrected chi connectivity index (χ0v) is 16.7. The highest BCUT2D eigenvalue weighted by Gasteiger charge is 2.18. The molecule has 144 valence electrons. The van der Waals surface area contributed by atoms with Gasteiger partial charge in [0.2, 0.25) is 0 Å². The van der Waals surface area contributed by atoms with Crippen molar-refractivity contribution < 1.29 is 13.2 Å². The molecule has 0 spiro atoms. The van der Waals surface area contributed by atoms with Gasteiger partial charge in [0.05, 0.1) is 10.6 Å². The molecular weight excluding hydrogens is 409 g/mol. The molecule has 27 heavy (non-hydrogen) atoms. The highest BCUT2D eigenvalue weighted by molar-refractivity contribution is 7.92. The summed E-state index contributed by atoms with van der Waals surface area (Å²) >= 11 is 11.8. The van der Waals surface area contributed by atoms with E-state index in [0.29, 0.717) is 15.7 Å². The van der Waals surface area contributed by atoms with Crippen LogP contribution in [0.2, 0.25) is 10.0 Å². The molecule has 9 heteroatoms. The molecule has 2 aromatic rings.